The van der Waals surface area contributed by atoms with Crippen molar-refractivity contribution in [3.8, 4) is 0 Å². The third-order valence-corrected chi connectivity index (χ3v) is 14.1. The minimum atomic E-state index is -0.346. The Kier molecular flexibility index (Phi) is 12.4. The van der Waals surface area contributed by atoms with Crippen molar-refractivity contribution in [3.05, 3.63) is 71.1 Å². The molecule has 0 bridgehead atoms. The molecule has 2 aromatic carbocycles. The molecule has 1 saturated heterocycles. The summed E-state index contributed by atoms with van der Waals surface area (Å²) in [6, 6.07) is 18.3. The van der Waals surface area contributed by atoms with E-state index in [0.29, 0.717) is 0 Å². The molecule has 41 heavy (non-hydrogen) atoms. The summed E-state index contributed by atoms with van der Waals surface area (Å²) in [6.07, 6.45) is 20.5. The first-order chi connectivity index (χ1) is 20.1. The molecule has 1 unspecified atom stereocenters. The Morgan fingerprint density at radius 1 is 0.634 bits per heavy atom. The van der Waals surface area contributed by atoms with E-state index >= 15 is 0 Å². The summed E-state index contributed by atoms with van der Waals surface area (Å²) in [5.41, 5.74) is 10.4. The van der Waals surface area contributed by atoms with Gasteiger partial charge in [0.2, 0.25) is 0 Å². The number of anilines is 2. The summed E-state index contributed by atoms with van der Waals surface area (Å²) in [5, 5.41) is 0. The van der Waals surface area contributed by atoms with Gasteiger partial charge < -0.3 is 9.80 Å². The Morgan fingerprint density at radius 3 is 1.54 bits per heavy atom. The zero-order valence-electron chi connectivity index (χ0n) is 25.1. The second kappa shape index (κ2) is 15.9. The number of nitrogens with zero attached hydrogens (tertiary/aromatic N) is 2. The predicted molar refractivity (Wildman–Crippen MR) is 179 cm³/mol. The molecule has 1 atom stereocenters. The molecule has 4 aliphatic rings. The minimum absolute atomic E-state index is 0.0270. The van der Waals surface area contributed by atoms with Crippen molar-refractivity contribution in [2.75, 3.05) is 22.9 Å². The SMILES string of the molecule is Cc1ccccc1N1CCN(c2ccccc2C)C1=C1CCCCC1P(C1CCCCC1)C1CCCCC1.[Cl][Ru][Cl]. The molecule has 0 amide bonds. The van der Waals surface area contributed by atoms with Crippen LogP contribution >= 0.6 is 27.3 Å². The van der Waals surface area contributed by atoms with Crippen LogP contribution in [0.2, 0.25) is 0 Å². The normalized spacial score (nSPS) is 22.8. The average Bonchev–Trinajstić information content (AvgIpc) is 3.44. The molecule has 2 nitrogen and oxygen atoms in total. The van der Waals surface area contributed by atoms with Gasteiger partial charge in [0.05, 0.1) is 0 Å². The van der Waals surface area contributed by atoms with Gasteiger partial charge in [0.15, 0.2) is 0 Å². The van der Waals surface area contributed by atoms with E-state index in [1.165, 1.54) is 112 Å². The molecule has 3 aliphatic carbocycles. The molecular weight excluding hydrogens is 651 g/mol. The third-order valence-electron chi connectivity index (χ3n) is 10.1. The fourth-order valence-corrected chi connectivity index (χ4v) is 12.9. The zero-order chi connectivity index (χ0) is 28.6. The van der Waals surface area contributed by atoms with Crippen LogP contribution in [0, 0.1) is 13.8 Å². The Labute approximate surface area is 267 Å². The van der Waals surface area contributed by atoms with Crippen molar-refractivity contribution in [1.29, 1.82) is 0 Å². The van der Waals surface area contributed by atoms with Crippen molar-refractivity contribution in [3.63, 3.8) is 0 Å². The first-order valence-corrected chi connectivity index (χ1v) is 22.2. The van der Waals surface area contributed by atoms with Crippen LogP contribution in [0.3, 0.4) is 0 Å². The number of benzene rings is 2. The summed E-state index contributed by atoms with van der Waals surface area (Å²) in [6.45, 7) is 6.80. The summed E-state index contributed by atoms with van der Waals surface area (Å²) in [5.74, 6) is 1.58. The van der Waals surface area contributed by atoms with Crippen LogP contribution in [0.25, 0.3) is 0 Å². The van der Waals surface area contributed by atoms with Gasteiger partial charge in [0.1, 0.15) is 5.82 Å². The van der Waals surface area contributed by atoms with E-state index in [-0.39, 0.29) is 23.1 Å². The number of rotatable bonds is 5. The van der Waals surface area contributed by atoms with E-state index in [9.17, 15) is 0 Å². The molecule has 0 aromatic heterocycles. The van der Waals surface area contributed by atoms with Crippen LogP contribution < -0.4 is 9.80 Å². The third kappa shape index (κ3) is 7.56. The van der Waals surface area contributed by atoms with Gasteiger partial charge in [-0.15, -0.1) is 0 Å². The Morgan fingerprint density at radius 2 is 1.07 bits per heavy atom. The predicted octanol–water partition coefficient (Wildman–Crippen LogP) is 11.3. The van der Waals surface area contributed by atoms with Crippen LogP contribution in [0.1, 0.15) is 101 Å². The van der Waals surface area contributed by atoms with E-state index in [1.54, 1.807) is 5.82 Å². The van der Waals surface area contributed by atoms with E-state index in [2.05, 4.69) is 72.2 Å². The molecule has 6 heteroatoms. The molecule has 0 radical (unpaired) electrons. The molecule has 3 saturated carbocycles. The average molecular weight is 701 g/mol. The maximum atomic E-state index is 4.85. The number of hydrogen-bond acceptors (Lipinski definition) is 2. The fourth-order valence-electron chi connectivity index (χ4n) is 8.26. The van der Waals surface area contributed by atoms with Gasteiger partial charge in [-0.05, 0) is 98.9 Å². The number of para-hydroxylation sites is 2. The molecule has 1 aliphatic heterocycles. The Bertz CT molecular complexity index is 1070. The summed E-state index contributed by atoms with van der Waals surface area (Å²) >= 11 is -0.346. The number of allylic oxidation sites excluding steroid dienone is 1. The molecule has 0 N–H and O–H groups in total. The van der Waals surface area contributed by atoms with Crippen molar-refractivity contribution >= 4 is 38.7 Å². The van der Waals surface area contributed by atoms with Gasteiger partial charge in [0, 0.05) is 30.1 Å². The van der Waals surface area contributed by atoms with Gasteiger partial charge in [-0.2, -0.15) is 0 Å². The van der Waals surface area contributed by atoms with E-state index in [1.807, 2.05) is 5.57 Å². The zero-order valence-corrected chi connectivity index (χ0v) is 29.3. The van der Waals surface area contributed by atoms with Crippen molar-refractivity contribution < 1.29 is 15.1 Å². The van der Waals surface area contributed by atoms with Gasteiger partial charge in [0.25, 0.3) is 0 Å². The fraction of sp³-hybridized carbons (Fsp3) is 0.600. The Balaban J connectivity index is 0.00000108. The molecule has 6 rings (SSSR count). The van der Waals surface area contributed by atoms with E-state index < -0.39 is 0 Å². The molecular formula is C35H49Cl2N2PRu. The first-order valence-electron chi connectivity index (χ1n) is 16.2. The van der Waals surface area contributed by atoms with E-state index in [0.717, 1.165) is 30.1 Å². The van der Waals surface area contributed by atoms with Gasteiger partial charge in [-0.25, -0.2) is 0 Å². The van der Waals surface area contributed by atoms with Crippen LogP contribution in [0.15, 0.2) is 59.9 Å². The second-order valence-electron chi connectivity index (χ2n) is 12.6. The molecule has 226 valence electrons. The second-order valence-corrected chi connectivity index (χ2v) is 18.2. The quantitative estimate of drug-likeness (QED) is 0.226. The molecule has 1 heterocycles. The van der Waals surface area contributed by atoms with E-state index in [4.69, 9.17) is 19.4 Å². The molecule has 4 fully saturated rings. The standard InChI is InChI=1S/C35H49N2P.2ClH.Ru/c1-27-15-9-12-22-32(27)36-25-26-37(33-23-13-10-16-28(33)2)35(36)31-21-11-14-24-34(31)38(29-17-5-3-6-18-29)30-19-7-4-8-20-30;;;/h9-10,12-13,15-16,22-23,29-30,34H,3-8,11,14,17-21,24-26H2,1-2H3;2*1H;/q;;;+2/p-2. The van der Waals surface area contributed by atoms with Crippen molar-refractivity contribution in [2.24, 2.45) is 0 Å². The van der Waals surface area contributed by atoms with Gasteiger partial charge in [-0.1, -0.05) is 89.3 Å². The maximum absolute atomic E-state index is 4.85. The molecule has 0 spiro atoms. The number of aryl methyl sites for hydroxylation is 2. The van der Waals surface area contributed by atoms with Crippen LogP contribution in [0.5, 0.6) is 0 Å². The first kappa shape index (κ1) is 31.8. The van der Waals surface area contributed by atoms with Crippen molar-refractivity contribution in [1.82, 2.24) is 0 Å². The summed E-state index contributed by atoms with van der Waals surface area (Å²) in [4.78, 5) is 5.48. The summed E-state index contributed by atoms with van der Waals surface area (Å²) in [7, 11) is 9.73. The monoisotopic (exact) mass is 700 g/mol. The molecule has 2 aromatic rings. The van der Waals surface area contributed by atoms with Crippen LogP contribution in [-0.4, -0.2) is 30.1 Å². The Hall–Kier alpha value is -0.587. The van der Waals surface area contributed by atoms with Crippen LogP contribution in [-0.2, 0) is 15.1 Å². The topological polar surface area (TPSA) is 6.48 Å². The van der Waals surface area contributed by atoms with Gasteiger partial charge >= 0.3 is 34.5 Å². The number of halogens is 2. The number of hydrogen-bond donors (Lipinski definition) is 0. The summed E-state index contributed by atoms with van der Waals surface area (Å²) < 4.78 is 0. The van der Waals surface area contributed by atoms with Crippen LogP contribution in [0.4, 0.5) is 11.4 Å². The van der Waals surface area contributed by atoms with Crippen molar-refractivity contribution in [2.45, 2.75) is 121 Å². The van der Waals surface area contributed by atoms with Gasteiger partial charge in [-0.3, -0.25) is 0 Å².